The van der Waals surface area contributed by atoms with Gasteiger partial charge in [-0.1, -0.05) is 12.1 Å². The summed E-state index contributed by atoms with van der Waals surface area (Å²) in [7, 11) is 1.46. The molecular weight excluding hydrogens is 353 g/mol. The monoisotopic (exact) mass is 374 g/mol. The Balaban J connectivity index is 2.12. The van der Waals surface area contributed by atoms with E-state index < -0.39 is 35.7 Å². The zero-order chi connectivity index (χ0) is 19.3. The number of hydrogen-bond donors (Lipinski definition) is 2. The van der Waals surface area contributed by atoms with Crippen LogP contribution in [0.1, 0.15) is 30.0 Å². The van der Waals surface area contributed by atoms with E-state index in [0.29, 0.717) is 24.9 Å². The van der Waals surface area contributed by atoms with E-state index in [0.717, 1.165) is 12.1 Å². The van der Waals surface area contributed by atoms with Gasteiger partial charge in [-0.3, -0.25) is 4.79 Å². The predicted octanol–water partition coefficient (Wildman–Crippen LogP) is 2.90. The predicted molar refractivity (Wildman–Crippen MR) is 86.5 cm³/mol. The Morgan fingerprint density at radius 2 is 2.15 bits per heavy atom. The van der Waals surface area contributed by atoms with Crippen LogP contribution in [0.25, 0.3) is 0 Å². The minimum absolute atomic E-state index is 0.0841. The molecule has 1 fully saturated rings. The Morgan fingerprint density at radius 1 is 1.42 bits per heavy atom. The number of hydrogen-bond acceptors (Lipinski definition) is 3. The van der Waals surface area contributed by atoms with Crippen molar-refractivity contribution < 1.29 is 32.6 Å². The lowest BCUT2D eigenvalue weighted by atomic mass is 10.0. The average Bonchev–Trinajstić information content (AvgIpc) is 3.08. The van der Waals surface area contributed by atoms with E-state index in [1.807, 2.05) is 0 Å². The van der Waals surface area contributed by atoms with Gasteiger partial charge >= 0.3 is 18.2 Å². The number of carboxylic acids is 1. The van der Waals surface area contributed by atoms with Crippen LogP contribution in [0.4, 0.5) is 18.0 Å². The number of alkyl halides is 3. The lowest BCUT2D eigenvalue weighted by Crippen LogP contribution is -2.41. The molecule has 1 aliphatic heterocycles. The molecule has 6 nitrogen and oxygen atoms in total. The van der Waals surface area contributed by atoms with Crippen LogP contribution in [0.5, 0.6) is 0 Å². The maximum absolute atomic E-state index is 12.9. The highest BCUT2D eigenvalue weighted by Gasteiger charge is 2.33. The third-order valence-corrected chi connectivity index (χ3v) is 4.35. The summed E-state index contributed by atoms with van der Waals surface area (Å²) in [6.45, 7) is 0.627. The van der Waals surface area contributed by atoms with Gasteiger partial charge in [0, 0.05) is 26.8 Å². The van der Waals surface area contributed by atoms with Gasteiger partial charge in [-0.25, -0.2) is 4.79 Å². The van der Waals surface area contributed by atoms with Crippen LogP contribution in [0.2, 0.25) is 0 Å². The van der Waals surface area contributed by atoms with Gasteiger partial charge in [-0.15, -0.1) is 0 Å². The van der Waals surface area contributed by atoms with Gasteiger partial charge in [0.25, 0.3) is 0 Å². The number of nitrogens with one attached hydrogen (secondary N) is 1. The standard InChI is InChI=1S/C17H21F3N2O4/c1-26-8-6-14(11-3-2-4-13(9-11)17(18,19)20)21-16(25)22-7-5-12(10-22)15(23)24/h2-4,9,12,14H,5-8,10H2,1H3,(H,21,25)(H,23,24). The summed E-state index contributed by atoms with van der Waals surface area (Å²) >= 11 is 0. The summed E-state index contributed by atoms with van der Waals surface area (Å²) in [5.74, 6) is -1.58. The van der Waals surface area contributed by atoms with Crippen molar-refractivity contribution in [3.63, 3.8) is 0 Å². The minimum atomic E-state index is -4.48. The number of halogens is 3. The third kappa shape index (κ3) is 5.10. The molecule has 1 aromatic rings. The number of urea groups is 1. The van der Waals surface area contributed by atoms with Gasteiger partial charge in [0.1, 0.15) is 0 Å². The van der Waals surface area contributed by atoms with Crippen molar-refractivity contribution in [2.45, 2.75) is 25.1 Å². The Kier molecular flexibility index (Phi) is 6.47. The molecule has 0 spiro atoms. The number of rotatable bonds is 6. The second-order valence-electron chi connectivity index (χ2n) is 6.18. The van der Waals surface area contributed by atoms with Gasteiger partial charge < -0.3 is 20.1 Å². The molecule has 2 unspecified atom stereocenters. The summed E-state index contributed by atoms with van der Waals surface area (Å²) in [5.41, 5.74) is -0.474. The molecule has 2 atom stereocenters. The fourth-order valence-electron chi connectivity index (χ4n) is 2.88. The fraction of sp³-hybridized carbons (Fsp3) is 0.529. The smallest absolute Gasteiger partial charge is 0.416 e. The first-order chi connectivity index (χ1) is 12.2. The Hall–Kier alpha value is -2.29. The normalized spacial score (nSPS) is 18.6. The van der Waals surface area contributed by atoms with Crippen molar-refractivity contribution in [2.24, 2.45) is 5.92 Å². The number of carbonyl (C=O) groups excluding carboxylic acids is 1. The lowest BCUT2D eigenvalue weighted by molar-refractivity contribution is -0.141. The molecule has 0 bridgehead atoms. The Morgan fingerprint density at radius 3 is 2.73 bits per heavy atom. The van der Waals surface area contributed by atoms with Crippen molar-refractivity contribution >= 4 is 12.0 Å². The number of carboxylic acid groups (broad SMARTS) is 1. The topological polar surface area (TPSA) is 78.9 Å². The molecule has 2 N–H and O–H groups in total. The van der Waals surface area contributed by atoms with Gasteiger partial charge in [0.05, 0.1) is 17.5 Å². The molecule has 1 heterocycles. The number of benzene rings is 1. The summed E-state index contributed by atoms with van der Waals surface area (Å²) in [5, 5.41) is 11.7. The van der Waals surface area contributed by atoms with Crippen molar-refractivity contribution in [3.8, 4) is 0 Å². The zero-order valence-corrected chi connectivity index (χ0v) is 14.3. The summed E-state index contributed by atoms with van der Waals surface area (Å²) in [6.07, 6.45) is -3.83. The molecule has 1 aliphatic rings. The minimum Gasteiger partial charge on any atom is -0.481 e. The molecule has 144 valence electrons. The van der Waals surface area contributed by atoms with Crippen LogP contribution in [0.3, 0.4) is 0 Å². The van der Waals surface area contributed by atoms with Crippen molar-refractivity contribution in [1.82, 2.24) is 10.2 Å². The third-order valence-electron chi connectivity index (χ3n) is 4.35. The van der Waals surface area contributed by atoms with E-state index in [1.54, 1.807) is 0 Å². The molecule has 2 rings (SSSR count). The number of amides is 2. The molecule has 2 amide bonds. The molecule has 0 saturated carbocycles. The highest BCUT2D eigenvalue weighted by atomic mass is 19.4. The molecule has 0 aliphatic carbocycles. The van der Waals surface area contributed by atoms with E-state index in [2.05, 4.69) is 5.32 Å². The summed E-state index contributed by atoms with van der Waals surface area (Å²) in [4.78, 5) is 24.8. The van der Waals surface area contributed by atoms with E-state index >= 15 is 0 Å². The molecule has 9 heteroatoms. The molecule has 0 radical (unpaired) electrons. The van der Waals surface area contributed by atoms with Crippen LogP contribution in [0.15, 0.2) is 24.3 Å². The first-order valence-corrected chi connectivity index (χ1v) is 8.16. The van der Waals surface area contributed by atoms with Crippen molar-refractivity contribution in [2.75, 3.05) is 26.8 Å². The van der Waals surface area contributed by atoms with Crippen LogP contribution < -0.4 is 5.32 Å². The molecule has 1 aromatic carbocycles. The number of aliphatic carboxylic acids is 1. The molecule has 0 aromatic heterocycles. The van der Waals surface area contributed by atoms with Crippen LogP contribution >= 0.6 is 0 Å². The van der Waals surface area contributed by atoms with Crippen LogP contribution in [-0.2, 0) is 15.7 Å². The lowest BCUT2D eigenvalue weighted by Gasteiger charge is -2.24. The number of nitrogens with zero attached hydrogens (tertiary/aromatic N) is 1. The van der Waals surface area contributed by atoms with Crippen molar-refractivity contribution in [3.05, 3.63) is 35.4 Å². The molecule has 1 saturated heterocycles. The van der Waals surface area contributed by atoms with E-state index in [4.69, 9.17) is 9.84 Å². The summed E-state index contributed by atoms with van der Waals surface area (Å²) < 4.78 is 43.8. The SMILES string of the molecule is COCCC(NC(=O)N1CCC(C(=O)O)C1)c1cccc(C(F)(F)F)c1. The second-order valence-corrected chi connectivity index (χ2v) is 6.18. The number of methoxy groups -OCH3 is 1. The van der Waals surface area contributed by atoms with Gasteiger partial charge in [-0.05, 0) is 30.5 Å². The average molecular weight is 374 g/mol. The number of likely N-dealkylation sites (tertiary alicyclic amines) is 1. The van der Waals surface area contributed by atoms with Gasteiger partial charge in [0.2, 0.25) is 0 Å². The number of ether oxygens (including phenoxy) is 1. The van der Waals surface area contributed by atoms with E-state index in [9.17, 15) is 22.8 Å². The first kappa shape index (κ1) is 20.0. The highest BCUT2D eigenvalue weighted by Crippen LogP contribution is 2.31. The van der Waals surface area contributed by atoms with Crippen LogP contribution in [0, 0.1) is 5.92 Å². The zero-order valence-electron chi connectivity index (χ0n) is 14.3. The van der Waals surface area contributed by atoms with Crippen molar-refractivity contribution in [1.29, 1.82) is 0 Å². The molecular formula is C17H21F3N2O4. The van der Waals surface area contributed by atoms with Gasteiger partial charge in [0.15, 0.2) is 0 Å². The van der Waals surface area contributed by atoms with Crippen LogP contribution in [-0.4, -0.2) is 48.8 Å². The Labute approximate surface area is 148 Å². The maximum Gasteiger partial charge on any atom is 0.416 e. The first-order valence-electron chi connectivity index (χ1n) is 8.16. The van der Waals surface area contributed by atoms with E-state index in [1.165, 1.54) is 24.1 Å². The quantitative estimate of drug-likeness (QED) is 0.803. The second kappa shape index (κ2) is 8.39. The Bertz CT molecular complexity index is 651. The fourth-order valence-corrected chi connectivity index (χ4v) is 2.88. The molecule has 26 heavy (non-hydrogen) atoms. The maximum atomic E-state index is 12.9. The largest absolute Gasteiger partial charge is 0.481 e. The van der Waals surface area contributed by atoms with E-state index in [-0.39, 0.29) is 13.2 Å². The summed E-state index contributed by atoms with van der Waals surface area (Å²) in [6, 6.07) is 3.61. The highest BCUT2D eigenvalue weighted by molar-refractivity contribution is 5.77. The van der Waals surface area contributed by atoms with Gasteiger partial charge in [-0.2, -0.15) is 13.2 Å². The number of carbonyl (C=O) groups is 2.